The molecule has 2 N–H and O–H groups in total. The van der Waals surface area contributed by atoms with Crippen molar-refractivity contribution < 1.29 is 0 Å². The Morgan fingerprint density at radius 1 is 1.33 bits per heavy atom. The van der Waals surface area contributed by atoms with Gasteiger partial charge in [0.1, 0.15) is 0 Å². The smallest absolute Gasteiger partial charge is 0.274 e. The van der Waals surface area contributed by atoms with Crippen LogP contribution in [0.15, 0.2) is 29.1 Å². The first kappa shape index (κ1) is 12.8. The molecule has 0 radical (unpaired) electrons. The fraction of sp³-hybridized carbons (Fsp3) is 0.231. The molecule has 2 rings (SSSR count). The number of aryl methyl sites for hydroxylation is 1. The summed E-state index contributed by atoms with van der Waals surface area (Å²) in [5.74, 6) is 0. The second-order valence-corrected chi connectivity index (χ2v) is 4.47. The third-order valence-electron chi connectivity index (χ3n) is 2.94. The van der Waals surface area contributed by atoms with Crippen LogP contribution in [0.5, 0.6) is 0 Å². The van der Waals surface area contributed by atoms with Gasteiger partial charge < -0.3 is 5.73 Å². The molecule has 0 aliphatic carbocycles. The third kappa shape index (κ3) is 2.05. The molecule has 0 amide bonds. The predicted octanol–water partition coefficient (Wildman–Crippen LogP) is 1.96. The predicted molar refractivity (Wildman–Crippen MR) is 72.2 cm³/mol. The number of rotatable bonds is 2. The standard InChI is InChI=1S/C13H14ClN3O/c1-8-10(7-15)9(2)16-17(13(8)18)12-6-4-3-5-11(12)14/h3-6H,7,15H2,1-2H3. The lowest BCUT2D eigenvalue weighted by molar-refractivity contribution is 0.755. The van der Waals surface area contributed by atoms with Crippen LogP contribution in [0.3, 0.4) is 0 Å². The Labute approximate surface area is 110 Å². The molecule has 0 saturated heterocycles. The van der Waals surface area contributed by atoms with Crippen molar-refractivity contribution in [1.29, 1.82) is 0 Å². The zero-order valence-corrected chi connectivity index (χ0v) is 11.0. The van der Waals surface area contributed by atoms with Crippen LogP contribution in [-0.4, -0.2) is 9.78 Å². The number of nitrogens with two attached hydrogens (primary N) is 1. The first-order valence-corrected chi connectivity index (χ1v) is 5.98. The lowest BCUT2D eigenvalue weighted by Crippen LogP contribution is -2.27. The first-order chi connectivity index (χ1) is 8.56. The molecule has 0 saturated carbocycles. The minimum Gasteiger partial charge on any atom is -0.326 e. The van der Waals surface area contributed by atoms with Gasteiger partial charge in [-0.25, -0.2) is 0 Å². The highest BCUT2D eigenvalue weighted by molar-refractivity contribution is 6.32. The molecule has 0 atom stereocenters. The molecule has 5 heteroatoms. The normalized spacial score (nSPS) is 10.7. The van der Waals surface area contributed by atoms with E-state index in [1.165, 1.54) is 4.68 Å². The van der Waals surface area contributed by atoms with Crippen molar-refractivity contribution in [1.82, 2.24) is 9.78 Å². The zero-order chi connectivity index (χ0) is 13.3. The van der Waals surface area contributed by atoms with Gasteiger partial charge in [-0.3, -0.25) is 4.79 Å². The van der Waals surface area contributed by atoms with Crippen molar-refractivity contribution in [2.75, 3.05) is 0 Å². The summed E-state index contributed by atoms with van der Waals surface area (Å²) in [5, 5.41) is 4.77. The summed E-state index contributed by atoms with van der Waals surface area (Å²) in [7, 11) is 0. The summed E-state index contributed by atoms with van der Waals surface area (Å²) in [4.78, 5) is 12.2. The van der Waals surface area contributed by atoms with E-state index in [0.717, 1.165) is 11.3 Å². The van der Waals surface area contributed by atoms with E-state index in [-0.39, 0.29) is 5.56 Å². The van der Waals surface area contributed by atoms with Crippen LogP contribution in [0.1, 0.15) is 16.8 Å². The van der Waals surface area contributed by atoms with Gasteiger partial charge in [-0.1, -0.05) is 23.7 Å². The number of nitrogens with zero attached hydrogens (tertiary/aromatic N) is 2. The van der Waals surface area contributed by atoms with Gasteiger partial charge in [0.15, 0.2) is 0 Å². The quantitative estimate of drug-likeness (QED) is 0.901. The van der Waals surface area contributed by atoms with Gasteiger partial charge in [-0.05, 0) is 31.5 Å². The van der Waals surface area contributed by atoms with E-state index >= 15 is 0 Å². The molecule has 94 valence electrons. The summed E-state index contributed by atoms with van der Waals surface area (Å²) in [5.41, 5.74) is 8.18. The monoisotopic (exact) mass is 263 g/mol. The maximum atomic E-state index is 12.2. The van der Waals surface area contributed by atoms with E-state index in [0.29, 0.717) is 22.8 Å². The highest BCUT2D eigenvalue weighted by Crippen LogP contribution is 2.18. The molecule has 0 fully saturated rings. The molecule has 1 aromatic carbocycles. The Kier molecular flexibility index (Phi) is 3.50. The van der Waals surface area contributed by atoms with Gasteiger partial charge in [0.25, 0.3) is 5.56 Å². The van der Waals surface area contributed by atoms with Crippen molar-refractivity contribution in [3.05, 3.63) is 56.5 Å². The topological polar surface area (TPSA) is 60.9 Å². The number of hydrogen-bond acceptors (Lipinski definition) is 3. The minimum atomic E-state index is -0.186. The highest BCUT2D eigenvalue weighted by atomic mass is 35.5. The van der Waals surface area contributed by atoms with E-state index < -0.39 is 0 Å². The van der Waals surface area contributed by atoms with Crippen LogP contribution in [0.25, 0.3) is 5.69 Å². The first-order valence-electron chi connectivity index (χ1n) is 5.60. The van der Waals surface area contributed by atoms with Gasteiger partial charge in [0.2, 0.25) is 0 Å². The molecule has 1 heterocycles. The second-order valence-electron chi connectivity index (χ2n) is 4.06. The van der Waals surface area contributed by atoms with Gasteiger partial charge >= 0.3 is 0 Å². The highest BCUT2D eigenvalue weighted by Gasteiger charge is 2.12. The van der Waals surface area contributed by atoms with Crippen molar-refractivity contribution >= 4 is 11.6 Å². The van der Waals surface area contributed by atoms with Crippen LogP contribution in [-0.2, 0) is 6.54 Å². The minimum absolute atomic E-state index is 0.186. The van der Waals surface area contributed by atoms with E-state index in [1.807, 2.05) is 19.1 Å². The lowest BCUT2D eigenvalue weighted by atomic mass is 10.1. The molecular formula is C13H14ClN3O. The fourth-order valence-electron chi connectivity index (χ4n) is 1.90. The Balaban J connectivity index is 2.75. The average molecular weight is 264 g/mol. The summed E-state index contributed by atoms with van der Waals surface area (Å²) >= 11 is 6.08. The van der Waals surface area contributed by atoms with E-state index in [1.54, 1.807) is 19.1 Å². The van der Waals surface area contributed by atoms with E-state index in [2.05, 4.69) is 5.10 Å². The van der Waals surface area contributed by atoms with Crippen LogP contribution in [0.4, 0.5) is 0 Å². The van der Waals surface area contributed by atoms with Gasteiger partial charge in [0.05, 0.1) is 16.4 Å². The SMILES string of the molecule is Cc1nn(-c2ccccc2Cl)c(=O)c(C)c1CN. The number of halogens is 1. The number of hydrogen-bond donors (Lipinski definition) is 1. The van der Waals surface area contributed by atoms with E-state index in [4.69, 9.17) is 17.3 Å². The van der Waals surface area contributed by atoms with Crippen LogP contribution >= 0.6 is 11.6 Å². The molecule has 0 bridgehead atoms. The molecule has 1 aromatic heterocycles. The van der Waals surface area contributed by atoms with Crippen LogP contribution < -0.4 is 11.3 Å². The van der Waals surface area contributed by atoms with Crippen LogP contribution in [0.2, 0.25) is 5.02 Å². The van der Waals surface area contributed by atoms with Gasteiger partial charge in [-0.2, -0.15) is 9.78 Å². The Morgan fingerprint density at radius 3 is 2.61 bits per heavy atom. The Bertz CT molecular complexity index is 649. The summed E-state index contributed by atoms with van der Waals surface area (Å²) in [6.45, 7) is 3.90. The summed E-state index contributed by atoms with van der Waals surface area (Å²) in [6, 6.07) is 7.12. The number of para-hydroxylation sites is 1. The maximum absolute atomic E-state index is 12.2. The van der Waals surface area contributed by atoms with Crippen LogP contribution in [0, 0.1) is 13.8 Å². The summed E-state index contributed by atoms with van der Waals surface area (Å²) in [6.07, 6.45) is 0. The largest absolute Gasteiger partial charge is 0.326 e. The molecule has 2 aromatic rings. The molecule has 0 unspecified atom stereocenters. The second kappa shape index (κ2) is 4.92. The lowest BCUT2D eigenvalue weighted by Gasteiger charge is -2.12. The van der Waals surface area contributed by atoms with Crippen molar-refractivity contribution in [3.63, 3.8) is 0 Å². The third-order valence-corrected chi connectivity index (χ3v) is 3.26. The van der Waals surface area contributed by atoms with E-state index in [9.17, 15) is 4.79 Å². The Hall–Kier alpha value is -1.65. The Morgan fingerprint density at radius 2 is 2.00 bits per heavy atom. The van der Waals surface area contributed by atoms with Crippen molar-refractivity contribution in [3.8, 4) is 5.69 Å². The molecule has 18 heavy (non-hydrogen) atoms. The number of benzene rings is 1. The molecule has 0 aliphatic heterocycles. The molecule has 4 nitrogen and oxygen atoms in total. The van der Waals surface area contributed by atoms with Gasteiger partial charge in [0, 0.05) is 12.1 Å². The van der Waals surface area contributed by atoms with Gasteiger partial charge in [-0.15, -0.1) is 0 Å². The summed E-state index contributed by atoms with van der Waals surface area (Å²) < 4.78 is 1.33. The molecule has 0 spiro atoms. The molecule has 0 aliphatic rings. The average Bonchev–Trinajstić information content (AvgIpc) is 2.35. The van der Waals surface area contributed by atoms with Crippen molar-refractivity contribution in [2.45, 2.75) is 20.4 Å². The maximum Gasteiger partial charge on any atom is 0.274 e. The number of aromatic nitrogens is 2. The zero-order valence-electron chi connectivity index (χ0n) is 10.3. The fourth-order valence-corrected chi connectivity index (χ4v) is 2.12. The molecular weight excluding hydrogens is 250 g/mol. The van der Waals surface area contributed by atoms with Crippen molar-refractivity contribution in [2.24, 2.45) is 5.73 Å².